The van der Waals surface area contributed by atoms with Crippen molar-refractivity contribution in [3.8, 4) is 11.5 Å². The summed E-state index contributed by atoms with van der Waals surface area (Å²) in [5.74, 6) is 1.24. The van der Waals surface area contributed by atoms with Gasteiger partial charge in [0, 0.05) is 18.3 Å². The van der Waals surface area contributed by atoms with E-state index in [0.29, 0.717) is 11.3 Å². The highest BCUT2D eigenvalue weighted by atomic mass is 32.2. The van der Waals surface area contributed by atoms with Crippen LogP contribution in [-0.2, 0) is 9.59 Å². The summed E-state index contributed by atoms with van der Waals surface area (Å²) < 4.78 is 5.74. The lowest BCUT2D eigenvalue weighted by atomic mass is 10.3. The highest BCUT2D eigenvalue weighted by Gasteiger charge is 2.44. The first-order chi connectivity index (χ1) is 12.2. The first-order valence-corrected chi connectivity index (χ1v) is 8.91. The van der Waals surface area contributed by atoms with Crippen molar-refractivity contribution >= 4 is 29.3 Å². The number of rotatable bonds is 4. The molecule has 4 rings (SSSR count). The summed E-state index contributed by atoms with van der Waals surface area (Å²) in [5, 5.41) is 3.08. The molecule has 0 spiro atoms. The van der Waals surface area contributed by atoms with Gasteiger partial charge in [-0.15, -0.1) is 0 Å². The number of fused-ring (bicyclic) bond motifs is 1. The van der Waals surface area contributed by atoms with Crippen molar-refractivity contribution in [2.24, 2.45) is 0 Å². The smallest absolute Gasteiger partial charge is 0.269 e. The monoisotopic (exact) mass is 352 g/mol. The van der Waals surface area contributed by atoms with Crippen molar-refractivity contribution in [3.05, 3.63) is 65.7 Å². The second-order valence-electron chi connectivity index (χ2n) is 5.77. The Morgan fingerprint density at radius 1 is 1.04 bits per heavy atom. The maximum Gasteiger partial charge on any atom is 0.269 e. The highest BCUT2D eigenvalue weighted by Crippen LogP contribution is 2.41. The molecule has 2 amide bonds. The van der Waals surface area contributed by atoms with Crippen LogP contribution in [0.5, 0.6) is 11.5 Å². The van der Waals surface area contributed by atoms with Crippen LogP contribution in [0.3, 0.4) is 0 Å². The lowest BCUT2D eigenvalue weighted by molar-refractivity contribution is -0.138. The Morgan fingerprint density at radius 2 is 1.76 bits per heavy atom. The molecule has 5 nitrogen and oxygen atoms in total. The zero-order valence-corrected chi connectivity index (χ0v) is 14.2. The van der Waals surface area contributed by atoms with Crippen LogP contribution in [0, 0.1) is 0 Å². The molecule has 2 aliphatic rings. The molecule has 1 N–H and O–H groups in total. The van der Waals surface area contributed by atoms with Gasteiger partial charge in [0.25, 0.3) is 5.91 Å². The Kier molecular flexibility index (Phi) is 4.19. The van der Waals surface area contributed by atoms with Crippen LogP contribution in [0.4, 0.5) is 5.69 Å². The van der Waals surface area contributed by atoms with E-state index in [4.69, 9.17) is 4.74 Å². The van der Waals surface area contributed by atoms with E-state index in [1.165, 1.54) is 16.7 Å². The number of amides is 2. The number of ether oxygens (including phenoxy) is 1. The average molecular weight is 352 g/mol. The molecular formula is C19H16N2O3S. The Bertz CT molecular complexity index is 834. The number of carbonyl (C=O) groups excluding carboxylic acids is 2. The third-order valence-electron chi connectivity index (χ3n) is 4.06. The van der Waals surface area contributed by atoms with Gasteiger partial charge in [0.05, 0.1) is 10.3 Å². The van der Waals surface area contributed by atoms with Crippen molar-refractivity contribution in [2.45, 2.75) is 18.2 Å². The first kappa shape index (κ1) is 15.8. The van der Waals surface area contributed by atoms with E-state index in [0.717, 1.165) is 23.6 Å². The Labute approximate surface area is 149 Å². The molecule has 25 heavy (non-hydrogen) atoms. The zero-order valence-electron chi connectivity index (χ0n) is 13.3. The van der Waals surface area contributed by atoms with Crippen LogP contribution in [-0.4, -0.2) is 22.1 Å². The molecule has 2 heterocycles. The number of imide groups is 1. The Morgan fingerprint density at radius 3 is 2.48 bits per heavy atom. The fourth-order valence-corrected chi connectivity index (χ4v) is 3.99. The third kappa shape index (κ3) is 3.25. The van der Waals surface area contributed by atoms with Gasteiger partial charge >= 0.3 is 0 Å². The summed E-state index contributed by atoms with van der Waals surface area (Å²) in [6.07, 6.45) is 2.87. The quantitative estimate of drug-likeness (QED) is 0.667. The van der Waals surface area contributed by atoms with Crippen LogP contribution in [0.2, 0.25) is 0 Å². The minimum atomic E-state index is -0.200. The van der Waals surface area contributed by atoms with Gasteiger partial charge in [-0.2, -0.15) is 0 Å². The van der Waals surface area contributed by atoms with Gasteiger partial charge in [0.1, 0.15) is 11.5 Å². The summed E-state index contributed by atoms with van der Waals surface area (Å²) >= 11 is 1.45. The molecular weight excluding hydrogens is 336 g/mol. The van der Waals surface area contributed by atoms with Crippen molar-refractivity contribution in [1.29, 1.82) is 0 Å². The van der Waals surface area contributed by atoms with Gasteiger partial charge in [0.2, 0.25) is 5.91 Å². The first-order valence-electron chi connectivity index (χ1n) is 8.03. The predicted molar refractivity (Wildman–Crippen MR) is 97.1 cm³/mol. The number of para-hydroxylation sites is 1. The number of carbonyl (C=O) groups is 2. The summed E-state index contributed by atoms with van der Waals surface area (Å²) in [4.78, 5) is 25.9. The summed E-state index contributed by atoms with van der Waals surface area (Å²) in [7, 11) is 0. The Hall–Kier alpha value is -2.73. The molecule has 0 bridgehead atoms. The second kappa shape index (κ2) is 6.64. The van der Waals surface area contributed by atoms with Crippen molar-refractivity contribution in [2.75, 3.05) is 5.32 Å². The molecule has 1 atom stereocenters. The van der Waals surface area contributed by atoms with Crippen molar-refractivity contribution < 1.29 is 14.3 Å². The molecule has 0 unspecified atom stereocenters. The topological polar surface area (TPSA) is 58.6 Å². The number of hydrogen-bond donors (Lipinski definition) is 1. The second-order valence-corrected chi connectivity index (χ2v) is 6.99. The van der Waals surface area contributed by atoms with Gasteiger partial charge in [-0.1, -0.05) is 30.0 Å². The summed E-state index contributed by atoms with van der Waals surface area (Å²) in [6, 6.07) is 17.1. The molecule has 2 aromatic carbocycles. The molecule has 0 aliphatic carbocycles. The number of hydrogen-bond acceptors (Lipinski definition) is 5. The molecule has 0 radical (unpaired) electrons. The van der Waals surface area contributed by atoms with Crippen LogP contribution in [0.25, 0.3) is 0 Å². The molecule has 2 aromatic rings. The minimum absolute atomic E-state index is 0.0327. The maximum atomic E-state index is 12.2. The molecule has 2 fully saturated rings. The van der Waals surface area contributed by atoms with E-state index in [1.807, 2.05) is 54.6 Å². The van der Waals surface area contributed by atoms with Crippen LogP contribution in [0.1, 0.15) is 12.8 Å². The summed E-state index contributed by atoms with van der Waals surface area (Å²) in [6.45, 7) is 0. The lowest BCUT2D eigenvalue weighted by Gasteiger charge is -2.09. The normalized spacial score (nSPS) is 20.9. The maximum absolute atomic E-state index is 12.2. The average Bonchev–Trinajstić information content (AvgIpc) is 3.15. The molecule has 126 valence electrons. The SMILES string of the molecule is O=C1CC[C@@H]2S/C(=C/Nc3ccc(Oc4ccccc4)cc3)C(=O)N12. The molecule has 6 heteroatoms. The molecule has 0 saturated carbocycles. The Balaban J connectivity index is 1.40. The fraction of sp³-hybridized carbons (Fsp3) is 0.158. The van der Waals surface area contributed by atoms with Gasteiger partial charge in [-0.25, -0.2) is 0 Å². The van der Waals surface area contributed by atoms with E-state index < -0.39 is 0 Å². The van der Waals surface area contributed by atoms with E-state index in [-0.39, 0.29) is 17.2 Å². The van der Waals surface area contributed by atoms with Crippen molar-refractivity contribution in [1.82, 2.24) is 4.90 Å². The number of nitrogens with zero attached hydrogens (tertiary/aromatic N) is 1. The fourth-order valence-electron chi connectivity index (χ4n) is 2.82. The van der Waals surface area contributed by atoms with E-state index in [2.05, 4.69) is 5.32 Å². The minimum Gasteiger partial charge on any atom is -0.457 e. The number of nitrogens with one attached hydrogen (secondary N) is 1. The molecule has 2 aliphatic heterocycles. The number of benzene rings is 2. The van der Waals surface area contributed by atoms with Gasteiger partial charge in [0.15, 0.2) is 0 Å². The van der Waals surface area contributed by atoms with E-state index in [1.54, 1.807) is 6.20 Å². The standard InChI is InChI=1S/C19H16N2O3S/c22-17-10-11-18-21(17)19(23)16(25-18)12-20-13-6-8-15(9-7-13)24-14-4-2-1-3-5-14/h1-9,12,18,20H,10-11H2/b16-12+/t18-/m0/s1. The van der Waals surface area contributed by atoms with Crippen molar-refractivity contribution in [3.63, 3.8) is 0 Å². The van der Waals surface area contributed by atoms with Gasteiger partial charge < -0.3 is 10.1 Å². The number of thioether (sulfide) groups is 1. The number of anilines is 1. The largest absolute Gasteiger partial charge is 0.457 e. The zero-order chi connectivity index (χ0) is 17.2. The van der Waals surface area contributed by atoms with Crippen LogP contribution in [0.15, 0.2) is 65.7 Å². The van der Waals surface area contributed by atoms with Crippen LogP contribution < -0.4 is 10.1 Å². The van der Waals surface area contributed by atoms with Gasteiger partial charge in [-0.3, -0.25) is 14.5 Å². The third-order valence-corrected chi connectivity index (χ3v) is 5.32. The molecule has 0 aromatic heterocycles. The molecule has 2 saturated heterocycles. The highest BCUT2D eigenvalue weighted by molar-refractivity contribution is 8.05. The van der Waals surface area contributed by atoms with Crippen LogP contribution >= 0.6 is 11.8 Å². The summed E-state index contributed by atoms with van der Waals surface area (Å²) in [5.41, 5.74) is 0.847. The van der Waals surface area contributed by atoms with Gasteiger partial charge in [-0.05, 0) is 42.8 Å². The van der Waals surface area contributed by atoms with E-state index in [9.17, 15) is 9.59 Å². The predicted octanol–water partition coefficient (Wildman–Crippen LogP) is 3.95. The van der Waals surface area contributed by atoms with E-state index >= 15 is 0 Å². The lowest BCUT2D eigenvalue weighted by Crippen LogP contribution is -2.31.